The maximum atomic E-state index is 13.4. The van der Waals surface area contributed by atoms with Crippen LogP contribution in [0, 0.1) is 0 Å². The van der Waals surface area contributed by atoms with Crippen LogP contribution in [0.25, 0.3) is 0 Å². The molecule has 3 atom stereocenters. The van der Waals surface area contributed by atoms with Crippen molar-refractivity contribution in [3.63, 3.8) is 0 Å². The molecule has 0 aromatic rings. The molecule has 4 nitrogen and oxygen atoms in total. The number of carbonyl (C=O) groups is 1. The molecule has 3 unspecified atom stereocenters. The van der Waals surface area contributed by atoms with Crippen molar-refractivity contribution < 1.29 is 27.1 Å². The highest BCUT2D eigenvalue weighted by molar-refractivity contribution is 5.76. The zero-order valence-electron chi connectivity index (χ0n) is 9.76. The SMILES string of the molecule is CN1CCC(F)CC12CNC2OC(=O)C(F)(F)F. The quantitative estimate of drug-likeness (QED) is 0.566. The molecule has 1 N–H and O–H groups in total. The van der Waals surface area contributed by atoms with Gasteiger partial charge in [-0.1, -0.05) is 0 Å². The summed E-state index contributed by atoms with van der Waals surface area (Å²) < 4.78 is 54.1. The van der Waals surface area contributed by atoms with Crippen molar-refractivity contribution in [2.45, 2.75) is 37.0 Å². The third kappa shape index (κ3) is 2.18. The summed E-state index contributed by atoms with van der Waals surface area (Å²) in [6, 6.07) is 0. The van der Waals surface area contributed by atoms with Gasteiger partial charge in [0.15, 0.2) is 6.23 Å². The van der Waals surface area contributed by atoms with E-state index in [9.17, 15) is 22.4 Å². The maximum Gasteiger partial charge on any atom is 0.490 e. The summed E-state index contributed by atoms with van der Waals surface area (Å²) in [7, 11) is 1.70. The minimum Gasteiger partial charge on any atom is -0.438 e. The molecule has 104 valence electrons. The van der Waals surface area contributed by atoms with Crippen LogP contribution in [0.5, 0.6) is 0 Å². The van der Waals surface area contributed by atoms with Gasteiger partial charge in [-0.05, 0) is 13.5 Å². The van der Waals surface area contributed by atoms with Crippen molar-refractivity contribution in [2.24, 2.45) is 0 Å². The summed E-state index contributed by atoms with van der Waals surface area (Å²) in [5.41, 5.74) is -0.849. The van der Waals surface area contributed by atoms with Crippen LogP contribution in [0.2, 0.25) is 0 Å². The van der Waals surface area contributed by atoms with Crippen LogP contribution in [-0.2, 0) is 9.53 Å². The number of hydrogen-bond acceptors (Lipinski definition) is 4. The molecule has 0 radical (unpaired) electrons. The first-order valence-corrected chi connectivity index (χ1v) is 5.62. The largest absolute Gasteiger partial charge is 0.490 e. The summed E-state index contributed by atoms with van der Waals surface area (Å²) in [5, 5.41) is 2.61. The molecule has 1 spiro atoms. The van der Waals surface area contributed by atoms with Gasteiger partial charge in [0.2, 0.25) is 0 Å². The molecule has 8 heteroatoms. The molecule has 0 saturated carbocycles. The van der Waals surface area contributed by atoms with Crippen LogP contribution in [-0.4, -0.2) is 55.1 Å². The van der Waals surface area contributed by atoms with Gasteiger partial charge >= 0.3 is 12.1 Å². The van der Waals surface area contributed by atoms with Crippen molar-refractivity contribution in [1.29, 1.82) is 0 Å². The number of nitrogens with one attached hydrogen (secondary N) is 1. The lowest BCUT2D eigenvalue weighted by Crippen LogP contribution is -2.78. The monoisotopic (exact) mass is 270 g/mol. The van der Waals surface area contributed by atoms with Crippen molar-refractivity contribution in [3.05, 3.63) is 0 Å². The van der Waals surface area contributed by atoms with Crippen molar-refractivity contribution in [1.82, 2.24) is 10.2 Å². The summed E-state index contributed by atoms with van der Waals surface area (Å²) >= 11 is 0. The number of nitrogens with zero attached hydrogens (tertiary/aromatic N) is 1. The predicted molar refractivity (Wildman–Crippen MR) is 53.4 cm³/mol. The number of alkyl halides is 4. The average Bonchev–Trinajstić information content (AvgIpc) is 2.26. The van der Waals surface area contributed by atoms with E-state index in [4.69, 9.17) is 0 Å². The Bertz CT molecular complexity index is 349. The van der Waals surface area contributed by atoms with Gasteiger partial charge in [-0.25, -0.2) is 9.18 Å². The molecule has 0 aliphatic carbocycles. The van der Waals surface area contributed by atoms with Crippen molar-refractivity contribution >= 4 is 5.97 Å². The Morgan fingerprint density at radius 1 is 1.50 bits per heavy atom. The van der Waals surface area contributed by atoms with E-state index in [0.717, 1.165) is 0 Å². The predicted octanol–water partition coefficient (Wildman–Crippen LogP) is 0.824. The lowest BCUT2D eigenvalue weighted by atomic mass is 9.79. The van der Waals surface area contributed by atoms with E-state index in [1.54, 1.807) is 11.9 Å². The highest BCUT2D eigenvalue weighted by Gasteiger charge is 2.57. The number of likely N-dealkylation sites (N-methyl/N-ethyl adjacent to an activating group) is 1. The molecule has 2 heterocycles. The Labute approximate surface area is 101 Å². The standard InChI is InChI=1S/C10H14F4N2O2/c1-16-3-2-6(11)4-9(16)5-15-7(9)18-8(17)10(12,13)14/h6-7,15H,2-5H2,1H3. The van der Waals surface area contributed by atoms with E-state index in [-0.39, 0.29) is 6.42 Å². The number of rotatable bonds is 1. The Morgan fingerprint density at radius 2 is 2.17 bits per heavy atom. The number of esters is 1. The second-order valence-corrected chi connectivity index (χ2v) is 4.78. The minimum atomic E-state index is -5.03. The van der Waals surface area contributed by atoms with Crippen LogP contribution < -0.4 is 5.32 Å². The molecular formula is C10H14F4N2O2. The van der Waals surface area contributed by atoms with E-state index in [1.807, 2.05) is 0 Å². The van der Waals surface area contributed by atoms with Gasteiger partial charge in [-0.3, -0.25) is 10.2 Å². The van der Waals surface area contributed by atoms with E-state index in [2.05, 4.69) is 10.1 Å². The molecular weight excluding hydrogens is 256 g/mol. The fourth-order valence-corrected chi connectivity index (χ4v) is 2.46. The normalized spacial score (nSPS) is 37.4. The fraction of sp³-hybridized carbons (Fsp3) is 0.900. The van der Waals surface area contributed by atoms with Gasteiger partial charge < -0.3 is 4.74 Å². The zero-order valence-corrected chi connectivity index (χ0v) is 9.76. The number of carbonyl (C=O) groups excluding carboxylic acids is 1. The maximum absolute atomic E-state index is 13.4. The summed E-state index contributed by atoms with van der Waals surface area (Å²) in [6.45, 7) is 0.753. The van der Waals surface area contributed by atoms with E-state index >= 15 is 0 Å². The Kier molecular flexibility index (Phi) is 3.26. The van der Waals surface area contributed by atoms with E-state index < -0.39 is 30.1 Å². The first-order valence-electron chi connectivity index (χ1n) is 5.62. The van der Waals surface area contributed by atoms with Crippen molar-refractivity contribution in [3.8, 4) is 0 Å². The van der Waals surface area contributed by atoms with Gasteiger partial charge in [-0.15, -0.1) is 0 Å². The molecule has 2 aliphatic heterocycles. The molecule has 2 fully saturated rings. The van der Waals surface area contributed by atoms with Crippen LogP contribution in [0.3, 0.4) is 0 Å². The molecule has 18 heavy (non-hydrogen) atoms. The van der Waals surface area contributed by atoms with Gasteiger partial charge in [0.05, 0.1) is 5.54 Å². The molecule has 0 aromatic carbocycles. The molecule has 0 bridgehead atoms. The number of ether oxygens (including phenoxy) is 1. The molecule has 2 rings (SSSR count). The first kappa shape index (κ1) is 13.5. The lowest BCUT2D eigenvalue weighted by molar-refractivity contribution is -0.226. The van der Waals surface area contributed by atoms with Crippen LogP contribution in [0.1, 0.15) is 12.8 Å². The highest BCUT2D eigenvalue weighted by Crippen LogP contribution is 2.37. The third-order valence-corrected chi connectivity index (χ3v) is 3.65. The van der Waals surface area contributed by atoms with Gasteiger partial charge in [0.25, 0.3) is 0 Å². The van der Waals surface area contributed by atoms with Crippen molar-refractivity contribution in [2.75, 3.05) is 20.1 Å². The van der Waals surface area contributed by atoms with Gasteiger partial charge in [0, 0.05) is 19.5 Å². The first-order chi connectivity index (χ1) is 8.25. The molecule has 2 aliphatic rings. The minimum absolute atomic E-state index is 0.0757. The average molecular weight is 270 g/mol. The van der Waals surface area contributed by atoms with Crippen LogP contribution >= 0.6 is 0 Å². The second-order valence-electron chi connectivity index (χ2n) is 4.78. The number of likely N-dealkylation sites (tertiary alicyclic amines) is 1. The fourth-order valence-electron chi connectivity index (χ4n) is 2.46. The Morgan fingerprint density at radius 3 is 2.67 bits per heavy atom. The van der Waals surface area contributed by atoms with Crippen LogP contribution in [0.15, 0.2) is 0 Å². The van der Waals surface area contributed by atoms with Gasteiger partial charge in [-0.2, -0.15) is 13.2 Å². The topological polar surface area (TPSA) is 41.6 Å². The smallest absolute Gasteiger partial charge is 0.438 e. The lowest BCUT2D eigenvalue weighted by Gasteiger charge is -2.56. The second kappa shape index (κ2) is 4.34. The number of halogens is 4. The molecule has 0 aromatic heterocycles. The summed E-state index contributed by atoms with van der Waals surface area (Å²) in [5.74, 6) is -2.24. The number of hydrogen-bond donors (Lipinski definition) is 1. The molecule has 0 amide bonds. The van der Waals surface area contributed by atoms with Crippen LogP contribution in [0.4, 0.5) is 17.6 Å². The van der Waals surface area contributed by atoms with E-state index in [1.165, 1.54) is 0 Å². The van der Waals surface area contributed by atoms with Gasteiger partial charge in [0.1, 0.15) is 6.17 Å². The summed E-state index contributed by atoms with van der Waals surface area (Å²) in [4.78, 5) is 12.5. The Hall–Kier alpha value is -0.890. The molecule has 2 saturated heterocycles. The number of piperidine rings is 1. The highest BCUT2D eigenvalue weighted by atomic mass is 19.4. The third-order valence-electron chi connectivity index (χ3n) is 3.65. The summed E-state index contributed by atoms with van der Waals surface area (Å²) in [6.07, 6.45) is -6.78. The Balaban J connectivity index is 2.04. The van der Waals surface area contributed by atoms with E-state index in [0.29, 0.717) is 19.5 Å². The zero-order chi connectivity index (χ0) is 13.6.